The number of allylic oxidation sites excluding steroid dienone is 1. The topological polar surface area (TPSA) is 40.5 Å². The normalized spacial score (nSPS) is 47.7. The molecule has 4 aliphatic rings. The van der Waals surface area contributed by atoms with E-state index in [-0.39, 0.29) is 12.2 Å². The summed E-state index contributed by atoms with van der Waals surface area (Å²) in [5.41, 5.74) is 2.32. The first kappa shape index (κ1) is 20.9. The first-order valence-electron chi connectivity index (χ1n) is 12.2. The molecule has 3 saturated carbocycles. The van der Waals surface area contributed by atoms with Crippen molar-refractivity contribution in [3.05, 3.63) is 11.6 Å². The summed E-state index contributed by atoms with van der Waals surface area (Å²) in [4.78, 5) is 0. The Kier molecular flexibility index (Phi) is 5.54. The number of fused-ring (bicyclic) bond motifs is 5. The fourth-order valence-corrected chi connectivity index (χ4v) is 8.51. The van der Waals surface area contributed by atoms with Crippen LogP contribution in [-0.2, 0) is 0 Å². The van der Waals surface area contributed by atoms with Crippen LogP contribution in [-0.4, -0.2) is 22.4 Å². The van der Waals surface area contributed by atoms with Gasteiger partial charge in [-0.05, 0) is 104 Å². The van der Waals surface area contributed by atoms with Crippen LogP contribution in [0.1, 0.15) is 92.4 Å². The van der Waals surface area contributed by atoms with Crippen LogP contribution in [0.4, 0.5) is 0 Å². The van der Waals surface area contributed by atoms with Gasteiger partial charge in [0.1, 0.15) is 0 Å². The molecule has 0 heterocycles. The number of hydrogen-bond acceptors (Lipinski definition) is 2. The molecule has 0 bridgehead atoms. The van der Waals surface area contributed by atoms with Crippen LogP contribution in [0.25, 0.3) is 0 Å². The van der Waals surface area contributed by atoms with Crippen LogP contribution in [0.5, 0.6) is 0 Å². The second kappa shape index (κ2) is 7.41. The molecule has 0 spiro atoms. The molecular weight excluding hydrogens is 344 g/mol. The van der Waals surface area contributed by atoms with Gasteiger partial charge < -0.3 is 10.2 Å². The Hall–Kier alpha value is -0.340. The van der Waals surface area contributed by atoms with E-state index in [4.69, 9.17) is 0 Å². The maximum Gasteiger partial charge on any atom is 0.0577 e. The van der Waals surface area contributed by atoms with Gasteiger partial charge in [-0.3, -0.25) is 0 Å². The lowest BCUT2D eigenvalue weighted by molar-refractivity contribution is -0.0687. The zero-order chi connectivity index (χ0) is 20.3. The highest BCUT2D eigenvalue weighted by Gasteiger charge is 2.59. The van der Waals surface area contributed by atoms with Gasteiger partial charge >= 0.3 is 0 Å². The Labute approximate surface area is 173 Å². The van der Waals surface area contributed by atoms with Crippen molar-refractivity contribution in [2.24, 2.45) is 46.3 Å². The zero-order valence-corrected chi connectivity index (χ0v) is 19.0. The van der Waals surface area contributed by atoms with Crippen LogP contribution in [0.2, 0.25) is 0 Å². The minimum Gasteiger partial charge on any atom is -0.393 e. The fourth-order valence-electron chi connectivity index (χ4n) is 8.51. The molecule has 0 aromatic carbocycles. The van der Waals surface area contributed by atoms with Crippen molar-refractivity contribution in [1.82, 2.24) is 0 Å². The van der Waals surface area contributed by atoms with Crippen LogP contribution in [0.3, 0.4) is 0 Å². The lowest BCUT2D eigenvalue weighted by Gasteiger charge is -2.58. The predicted octanol–water partition coefficient (Wildman–Crippen LogP) is 5.97. The highest BCUT2D eigenvalue weighted by atomic mass is 16.3. The molecule has 2 nitrogen and oxygen atoms in total. The molecule has 3 fully saturated rings. The summed E-state index contributed by atoms with van der Waals surface area (Å²) >= 11 is 0. The molecule has 3 unspecified atom stereocenters. The first-order chi connectivity index (χ1) is 13.2. The SMILES string of the molecule is CC(C)C[C@H](O)[C@@H](C)[C@H]1CCC2C3CC=C4C[C@@H](O)CC[C@]4(C)C3CC[C@@]21C. The Morgan fingerprint density at radius 2 is 1.79 bits per heavy atom. The minimum absolute atomic E-state index is 0.108. The molecule has 160 valence electrons. The molecule has 0 radical (unpaired) electrons. The largest absolute Gasteiger partial charge is 0.393 e. The van der Waals surface area contributed by atoms with E-state index in [0.29, 0.717) is 28.6 Å². The van der Waals surface area contributed by atoms with E-state index in [1.54, 1.807) is 5.57 Å². The summed E-state index contributed by atoms with van der Waals surface area (Å²) in [5.74, 6) is 4.13. The van der Waals surface area contributed by atoms with E-state index in [9.17, 15) is 10.2 Å². The third kappa shape index (κ3) is 3.22. The third-order valence-electron chi connectivity index (χ3n) is 10.1. The van der Waals surface area contributed by atoms with Crippen molar-refractivity contribution in [3.63, 3.8) is 0 Å². The van der Waals surface area contributed by atoms with Gasteiger partial charge in [0.25, 0.3) is 0 Å². The number of hydrogen-bond donors (Lipinski definition) is 2. The summed E-state index contributed by atoms with van der Waals surface area (Å²) in [6.07, 6.45) is 12.9. The van der Waals surface area contributed by atoms with Gasteiger partial charge in [0, 0.05) is 0 Å². The molecule has 2 N–H and O–H groups in total. The van der Waals surface area contributed by atoms with E-state index < -0.39 is 0 Å². The van der Waals surface area contributed by atoms with E-state index >= 15 is 0 Å². The van der Waals surface area contributed by atoms with Crippen LogP contribution >= 0.6 is 0 Å². The standard InChI is InChI=1S/C26H44O2/c1-16(2)14-24(28)17(3)21-8-9-22-20-7-6-18-15-19(27)10-12-25(18,4)23(20)11-13-26(21,22)5/h6,16-17,19-24,27-28H,7-15H2,1-5H3/t17-,19-,20?,21+,22?,23?,24-,25-,26+/m0/s1. The monoisotopic (exact) mass is 388 g/mol. The first-order valence-corrected chi connectivity index (χ1v) is 12.2. The van der Waals surface area contributed by atoms with Gasteiger partial charge in [0.2, 0.25) is 0 Å². The molecular formula is C26H44O2. The molecule has 0 aromatic rings. The minimum atomic E-state index is -0.145. The van der Waals surface area contributed by atoms with Crippen molar-refractivity contribution in [1.29, 1.82) is 0 Å². The van der Waals surface area contributed by atoms with Crippen molar-refractivity contribution in [3.8, 4) is 0 Å². The summed E-state index contributed by atoms with van der Waals surface area (Å²) < 4.78 is 0. The highest BCUT2D eigenvalue weighted by molar-refractivity contribution is 5.25. The molecule has 4 rings (SSSR count). The van der Waals surface area contributed by atoms with E-state index in [0.717, 1.165) is 37.0 Å². The lowest BCUT2D eigenvalue weighted by Crippen LogP contribution is -2.51. The summed E-state index contributed by atoms with van der Waals surface area (Å²) in [6, 6.07) is 0. The molecule has 0 saturated heterocycles. The maximum absolute atomic E-state index is 10.9. The number of aliphatic hydroxyl groups is 2. The Morgan fingerprint density at radius 3 is 2.50 bits per heavy atom. The number of rotatable bonds is 4. The van der Waals surface area contributed by atoms with Crippen molar-refractivity contribution in [2.75, 3.05) is 0 Å². The third-order valence-corrected chi connectivity index (χ3v) is 10.1. The quantitative estimate of drug-likeness (QED) is 0.583. The highest BCUT2D eigenvalue weighted by Crippen LogP contribution is 2.67. The van der Waals surface area contributed by atoms with Gasteiger partial charge in [0.05, 0.1) is 12.2 Å². The van der Waals surface area contributed by atoms with Gasteiger partial charge in [-0.1, -0.05) is 46.3 Å². The average molecular weight is 389 g/mol. The summed E-state index contributed by atoms with van der Waals surface area (Å²) in [5, 5.41) is 21.1. The number of aliphatic hydroxyl groups excluding tert-OH is 2. The Bertz CT molecular complexity index is 610. The second-order valence-electron chi connectivity index (χ2n) is 11.9. The summed E-state index contributed by atoms with van der Waals surface area (Å²) in [6.45, 7) is 11.9. The molecule has 4 aliphatic carbocycles. The second-order valence-corrected chi connectivity index (χ2v) is 11.9. The Balaban J connectivity index is 1.55. The molecule has 0 aliphatic heterocycles. The fraction of sp³-hybridized carbons (Fsp3) is 0.923. The van der Waals surface area contributed by atoms with Crippen molar-refractivity contribution in [2.45, 2.75) is 105 Å². The van der Waals surface area contributed by atoms with Crippen LogP contribution < -0.4 is 0 Å². The maximum atomic E-state index is 10.9. The van der Waals surface area contributed by atoms with Gasteiger partial charge in [-0.25, -0.2) is 0 Å². The van der Waals surface area contributed by atoms with Gasteiger partial charge in [-0.2, -0.15) is 0 Å². The molecule has 2 heteroatoms. The zero-order valence-electron chi connectivity index (χ0n) is 19.0. The van der Waals surface area contributed by atoms with Gasteiger partial charge in [-0.15, -0.1) is 0 Å². The predicted molar refractivity (Wildman–Crippen MR) is 116 cm³/mol. The lowest BCUT2D eigenvalue weighted by atomic mass is 9.47. The molecule has 0 amide bonds. The average Bonchev–Trinajstić information content (AvgIpc) is 2.98. The molecule has 0 aromatic heterocycles. The molecule has 28 heavy (non-hydrogen) atoms. The van der Waals surface area contributed by atoms with Crippen LogP contribution in [0.15, 0.2) is 11.6 Å². The molecule has 9 atom stereocenters. The van der Waals surface area contributed by atoms with Crippen molar-refractivity contribution >= 4 is 0 Å². The van der Waals surface area contributed by atoms with Gasteiger partial charge in [0.15, 0.2) is 0 Å². The van der Waals surface area contributed by atoms with E-state index in [2.05, 4.69) is 40.7 Å². The van der Waals surface area contributed by atoms with Crippen LogP contribution in [0, 0.1) is 46.3 Å². The smallest absolute Gasteiger partial charge is 0.0577 e. The summed E-state index contributed by atoms with van der Waals surface area (Å²) in [7, 11) is 0. The van der Waals surface area contributed by atoms with E-state index in [1.165, 1.54) is 38.5 Å². The van der Waals surface area contributed by atoms with Crippen molar-refractivity contribution < 1.29 is 10.2 Å². The van der Waals surface area contributed by atoms with E-state index in [1.807, 2.05) is 0 Å². The Morgan fingerprint density at radius 1 is 1.04 bits per heavy atom.